The molecule has 3 nitrogen and oxygen atoms in total. The number of carbonyl (C=O) groups excluding carboxylic acids is 1. The van der Waals surface area contributed by atoms with E-state index in [4.69, 9.17) is 5.11 Å². The molecule has 0 heterocycles. The molecule has 4 heteroatoms. The van der Waals surface area contributed by atoms with Gasteiger partial charge in [0.15, 0.2) is 5.78 Å². The van der Waals surface area contributed by atoms with Gasteiger partial charge in [0, 0.05) is 0 Å². The maximum atomic E-state index is 10.5. The topological polar surface area (TPSA) is 54.4 Å². The van der Waals surface area contributed by atoms with Crippen molar-refractivity contribution in [3.63, 3.8) is 0 Å². The van der Waals surface area contributed by atoms with Crippen molar-refractivity contribution in [2.24, 2.45) is 5.92 Å². The van der Waals surface area contributed by atoms with E-state index >= 15 is 0 Å². The molecule has 0 fully saturated rings. The van der Waals surface area contributed by atoms with Gasteiger partial charge in [-0.2, -0.15) is 0 Å². The molecule has 0 aromatic heterocycles. The molecule has 52 valence electrons. The summed E-state index contributed by atoms with van der Waals surface area (Å²) in [5.41, 5.74) is 0. The Morgan fingerprint density at radius 3 is 2.22 bits per heavy atom. The maximum absolute atomic E-state index is 10.5. The predicted molar refractivity (Wildman–Crippen MR) is 35.6 cm³/mol. The normalized spacial score (nSPS) is 12.7. The third-order valence-corrected chi connectivity index (χ3v) is 1.54. The van der Waals surface area contributed by atoms with Crippen LogP contribution >= 0.6 is 15.9 Å². The number of rotatable bonds is 3. The van der Waals surface area contributed by atoms with Gasteiger partial charge in [0.05, 0.1) is 5.33 Å². The van der Waals surface area contributed by atoms with Crippen LogP contribution in [-0.4, -0.2) is 22.2 Å². The van der Waals surface area contributed by atoms with E-state index in [-0.39, 0.29) is 11.1 Å². The highest BCUT2D eigenvalue weighted by atomic mass is 79.9. The highest BCUT2D eigenvalue weighted by Gasteiger charge is 2.18. The average molecular weight is 195 g/mol. The molecule has 0 aliphatic carbocycles. The van der Waals surface area contributed by atoms with E-state index in [1.165, 1.54) is 6.92 Å². The van der Waals surface area contributed by atoms with Crippen LogP contribution < -0.4 is 0 Å². The van der Waals surface area contributed by atoms with Crippen LogP contribution in [0.25, 0.3) is 0 Å². The summed E-state index contributed by atoms with van der Waals surface area (Å²) in [6.45, 7) is 1.37. The first-order chi connectivity index (χ1) is 4.09. The van der Waals surface area contributed by atoms with E-state index in [9.17, 15) is 9.59 Å². The molecule has 0 aromatic carbocycles. The Hall–Kier alpha value is -0.380. The molecule has 0 rings (SSSR count). The fraction of sp³-hybridized carbons (Fsp3) is 0.600. The minimum Gasteiger partial charge on any atom is -0.481 e. The Morgan fingerprint density at radius 2 is 2.11 bits per heavy atom. The van der Waals surface area contributed by atoms with E-state index in [2.05, 4.69) is 15.9 Å². The predicted octanol–water partition coefficient (Wildman–Crippen LogP) is 0.671. The number of carboxylic acid groups (broad SMARTS) is 1. The van der Waals surface area contributed by atoms with Gasteiger partial charge in [-0.1, -0.05) is 15.9 Å². The summed E-state index contributed by atoms with van der Waals surface area (Å²) in [5, 5.41) is 8.35. The molecular weight excluding hydrogens is 188 g/mol. The standard InChI is InChI=1S/C5H7BrO3/c1-3(5(8)9)4(7)2-6/h3H,2H2,1H3,(H,8,9). The monoisotopic (exact) mass is 194 g/mol. The van der Waals surface area contributed by atoms with Crippen LogP contribution in [0, 0.1) is 5.92 Å². The Kier molecular flexibility index (Phi) is 3.46. The Bertz CT molecular complexity index is 132. The van der Waals surface area contributed by atoms with Gasteiger partial charge >= 0.3 is 5.97 Å². The first-order valence-corrected chi connectivity index (χ1v) is 3.53. The zero-order valence-electron chi connectivity index (χ0n) is 4.93. The van der Waals surface area contributed by atoms with E-state index in [1.54, 1.807) is 0 Å². The quantitative estimate of drug-likeness (QED) is 0.531. The molecule has 0 saturated heterocycles. The molecule has 1 unspecified atom stereocenters. The maximum Gasteiger partial charge on any atom is 0.313 e. The smallest absolute Gasteiger partial charge is 0.313 e. The zero-order valence-corrected chi connectivity index (χ0v) is 6.51. The summed E-state index contributed by atoms with van der Waals surface area (Å²) in [5.74, 6) is -2.26. The molecule has 0 spiro atoms. The van der Waals surface area contributed by atoms with Crippen molar-refractivity contribution in [2.45, 2.75) is 6.92 Å². The Morgan fingerprint density at radius 1 is 1.67 bits per heavy atom. The fourth-order valence-corrected chi connectivity index (χ4v) is 0.739. The molecule has 0 aliphatic rings. The van der Waals surface area contributed by atoms with Gasteiger partial charge in [-0.15, -0.1) is 0 Å². The van der Waals surface area contributed by atoms with Gasteiger partial charge in [-0.05, 0) is 6.92 Å². The van der Waals surface area contributed by atoms with Crippen molar-refractivity contribution >= 4 is 27.7 Å². The van der Waals surface area contributed by atoms with Crippen molar-refractivity contribution in [3.8, 4) is 0 Å². The lowest BCUT2D eigenvalue weighted by atomic mass is 10.1. The number of carboxylic acids is 1. The van der Waals surface area contributed by atoms with Gasteiger partial charge in [-0.25, -0.2) is 0 Å². The SMILES string of the molecule is CC(C(=O)O)C(=O)CBr. The number of aliphatic carboxylic acids is 1. The molecule has 0 bridgehead atoms. The highest BCUT2D eigenvalue weighted by Crippen LogP contribution is 1.98. The molecule has 1 N–H and O–H groups in total. The van der Waals surface area contributed by atoms with Gasteiger partial charge in [0.2, 0.25) is 0 Å². The van der Waals surface area contributed by atoms with Crippen LogP contribution in [0.2, 0.25) is 0 Å². The summed E-state index contributed by atoms with van der Waals surface area (Å²) in [7, 11) is 0. The number of carbonyl (C=O) groups is 2. The molecular formula is C5H7BrO3. The van der Waals surface area contributed by atoms with Crippen molar-refractivity contribution in [1.29, 1.82) is 0 Å². The van der Waals surface area contributed by atoms with Crippen LogP contribution in [0.15, 0.2) is 0 Å². The average Bonchev–Trinajstić information content (AvgIpc) is 1.84. The minimum atomic E-state index is -1.07. The van der Waals surface area contributed by atoms with Gasteiger partial charge < -0.3 is 5.11 Å². The first kappa shape index (κ1) is 8.62. The summed E-state index contributed by atoms with van der Waals surface area (Å²) in [6, 6.07) is 0. The number of hydrogen-bond acceptors (Lipinski definition) is 2. The van der Waals surface area contributed by atoms with Gasteiger partial charge in [0.1, 0.15) is 5.92 Å². The van der Waals surface area contributed by atoms with E-state index in [0.717, 1.165) is 0 Å². The number of ketones is 1. The lowest BCUT2D eigenvalue weighted by molar-refractivity contribution is -0.144. The fourth-order valence-electron chi connectivity index (χ4n) is 0.253. The summed E-state index contributed by atoms with van der Waals surface area (Å²) >= 11 is 2.87. The Balaban J connectivity index is 3.88. The summed E-state index contributed by atoms with van der Waals surface area (Å²) < 4.78 is 0. The molecule has 9 heavy (non-hydrogen) atoms. The largest absolute Gasteiger partial charge is 0.481 e. The second-order valence-corrected chi connectivity index (χ2v) is 2.22. The molecule has 0 amide bonds. The number of Topliss-reactive ketones (excluding diaryl/α,β-unsaturated/α-hetero) is 1. The highest BCUT2D eigenvalue weighted by molar-refractivity contribution is 9.09. The third kappa shape index (κ3) is 2.60. The van der Waals surface area contributed by atoms with Crippen LogP contribution in [0.5, 0.6) is 0 Å². The van der Waals surface area contributed by atoms with Crippen molar-refractivity contribution < 1.29 is 14.7 Å². The van der Waals surface area contributed by atoms with Crippen molar-refractivity contribution in [1.82, 2.24) is 0 Å². The van der Waals surface area contributed by atoms with E-state index in [1.807, 2.05) is 0 Å². The lowest BCUT2D eigenvalue weighted by Gasteiger charge is -1.98. The summed E-state index contributed by atoms with van der Waals surface area (Å²) in [4.78, 5) is 20.6. The zero-order chi connectivity index (χ0) is 7.44. The van der Waals surface area contributed by atoms with E-state index in [0.29, 0.717) is 0 Å². The lowest BCUT2D eigenvalue weighted by Crippen LogP contribution is -2.20. The van der Waals surface area contributed by atoms with Gasteiger partial charge in [0.25, 0.3) is 0 Å². The minimum absolute atomic E-state index is 0.112. The molecule has 1 atom stereocenters. The van der Waals surface area contributed by atoms with Crippen molar-refractivity contribution in [2.75, 3.05) is 5.33 Å². The van der Waals surface area contributed by atoms with Gasteiger partial charge in [-0.3, -0.25) is 9.59 Å². The first-order valence-electron chi connectivity index (χ1n) is 2.41. The second kappa shape index (κ2) is 3.61. The number of alkyl halides is 1. The van der Waals surface area contributed by atoms with Crippen LogP contribution in [0.4, 0.5) is 0 Å². The summed E-state index contributed by atoms with van der Waals surface area (Å²) in [6.07, 6.45) is 0. The molecule has 0 aromatic rings. The number of halogens is 1. The van der Waals surface area contributed by atoms with Crippen LogP contribution in [0.1, 0.15) is 6.92 Å². The molecule has 0 saturated carbocycles. The Labute approximate surface area is 61.2 Å². The second-order valence-electron chi connectivity index (χ2n) is 1.66. The van der Waals surface area contributed by atoms with E-state index < -0.39 is 11.9 Å². The third-order valence-electron chi connectivity index (χ3n) is 0.985. The molecule has 0 radical (unpaired) electrons. The van der Waals surface area contributed by atoms with Crippen LogP contribution in [-0.2, 0) is 9.59 Å². The number of hydrogen-bond donors (Lipinski definition) is 1. The van der Waals surface area contributed by atoms with Crippen molar-refractivity contribution in [3.05, 3.63) is 0 Å². The molecule has 0 aliphatic heterocycles. The van der Waals surface area contributed by atoms with Crippen LogP contribution in [0.3, 0.4) is 0 Å².